The van der Waals surface area contributed by atoms with E-state index < -0.39 is 102 Å². The van der Waals surface area contributed by atoms with E-state index in [1.807, 2.05) is 0 Å². The summed E-state index contributed by atoms with van der Waals surface area (Å²) in [6, 6.07) is 0. The molecule has 0 aromatic carbocycles. The molecule has 0 aliphatic carbocycles. The quantitative estimate of drug-likeness (QED) is 0.129. The highest BCUT2D eigenvalue weighted by Gasteiger charge is 2.97. The molecule has 0 aromatic rings. The molecule has 0 amide bonds. The number of aliphatic carboxylic acids is 1. The van der Waals surface area contributed by atoms with E-state index in [0.717, 1.165) is 0 Å². The van der Waals surface area contributed by atoms with Crippen molar-refractivity contribution in [2.45, 2.75) is 78.9 Å². The maximum Gasteiger partial charge on any atom is 0.460 e. The van der Waals surface area contributed by atoms with Crippen molar-refractivity contribution in [2.24, 2.45) is 0 Å². The lowest BCUT2D eigenvalue weighted by Crippen LogP contribution is -2.77. The lowest BCUT2D eigenvalue weighted by Gasteiger charge is -2.44. The highest BCUT2D eigenvalue weighted by molar-refractivity contribution is 5.66. The summed E-state index contributed by atoms with van der Waals surface area (Å²) in [6.07, 6.45) is -14.2. The van der Waals surface area contributed by atoms with Crippen LogP contribution in [0.2, 0.25) is 0 Å². The predicted molar refractivity (Wildman–Crippen MR) is 97.6 cm³/mol. The first kappa shape index (κ1) is 42.4. The molecule has 0 spiro atoms. The van der Waals surface area contributed by atoms with Crippen LogP contribution in [-0.2, 0) is 14.3 Å². The lowest BCUT2D eigenvalue weighted by molar-refractivity contribution is -0.887. The van der Waals surface area contributed by atoms with Gasteiger partial charge in [-0.15, -0.1) is 0 Å². The maximum atomic E-state index is 14.3. The number of carboxylic acids is 1. The zero-order chi connectivity index (χ0) is 37.1. The SMILES string of the molecule is CC(=O)OC(CC(F)(F)C(F)(F)C(F)(F)C(F)(F)C(F)(F)C(F)(F)C(F)(F)C(F)(F)C(F)(F)C(F)(F)F)C[N+](C)(C)CC(=O)[O-]. The first-order valence-electron chi connectivity index (χ1n) is 10.8. The monoisotopic (exact) mass is 721 g/mol. The van der Waals surface area contributed by atoms with Crippen LogP contribution in [0.1, 0.15) is 13.3 Å². The molecular formula is C19H16F21NO4. The van der Waals surface area contributed by atoms with Crippen LogP contribution in [0.15, 0.2) is 0 Å². The Morgan fingerprint density at radius 3 is 1.13 bits per heavy atom. The highest BCUT2D eigenvalue weighted by Crippen LogP contribution is 2.66. The van der Waals surface area contributed by atoms with Crippen LogP contribution in [-0.4, -0.2) is 109 Å². The van der Waals surface area contributed by atoms with Crippen LogP contribution in [0.5, 0.6) is 0 Å². The Kier molecular flexibility index (Phi) is 10.9. The van der Waals surface area contributed by atoms with Gasteiger partial charge in [-0.05, 0) is 0 Å². The third-order valence-corrected chi connectivity index (χ3v) is 5.65. The second-order valence-electron chi connectivity index (χ2n) is 9.88. The van der Waals surface area contributed by atoms with Gasteiger partial charge < -0.3 is 19.1 Å². The van der Waals surface area contributed by atoms with E-state index in [2.05, 4.69) is 4.74 Å². The molecule has 0 N–H and O–H groups in total. The number of esters is 1. The summed E-state index contributed by atoms with van der Waals surface area (Å²) in [7, 11) is 1.43. The molecule has 0 fully saturated rings. The largest absolute Gasteiger partial charge is 0.544 e. The molecule has 0 aliphatic rings. The minimum atomic E-state index is -9.29. The van der Waals surface area contributed by atoms with Gasteiger partial charge in [0.2, 0.25) is 0 Å². The molecule has 45 heavy (non-hydrogen) atoms. The van der Waals surface area contributed by atoms with Crippen molar-refractivity contribution >= 4 is 11.9 Å². The van der Waals surface area contributed by atoms with Crippen molar-refractivity contribution in [3.63, 3.8) is 0 Å². The number of halogens is 21. The van der Waals surface area contributed by atoms with Gasteiger partial charge in [0.25, 0.3) is 0 Å². The molecule has 0 heterocycles. The van der Waals surface area contributed by atoms with Gasteiger partial charge in [0.1, 0.15) is 13.1 Å². The normalized spacial score (nSPS) is 16.4. The molecule has 1 unspecified atom stereocenters. The van der Waals surface area contributed by atoms with Crippen LogP contribution >= 0.6 is 0 Å². The van der Waals surface area contributed by atoms with Gasteiger partial charge in [-0.25, -0.2) is 0 Å². The van der Waals surface area contributed by atoms with Crippen molar-refractivity contribution in [3.05, 3.63) is 0 Å². The summed E-state index contributed by atoms with van der Waals surface area (Å²) in [5.74, 6) is -82.2. The first-order valence-corrected chi connectivity index (χ1v) is 10.8. The molecule has 1 atom stereocenters. The maximum absolute atomic E-state index is 14.3. The van der Waals surface area contributed by atoms with Crippen LogP contribution < -0.4 is 5.11 Å². The van der Waals surface area contributed by atoms with Crippen molar-refractivity contribution in [1.82, 2.24) is 0 Å². The zero-order valence-corrected chi connectivity index (χ0v) is 21.7. The fourth-order valence-electron chi connectivity index (χ4n) is 3.35. The van der Waals surface area contributed by atoms with Gasteiger partial charge >= 0.3 is 65.4 Å². The summed E-state index contributed by atoms with van der Waals surface area (Å²) in [4.78, 5) is 21.8. The van der Waals surface area contributed by atoms with Gasteiger partial charge in [-0.2, -0.15) is 92.2 Å². The molecule has 26 heteroatoms. The van der Waals surface area contributed by atoms with E-state index >= 15 is 0 Å². The van der Waals surface area contributed by atoms with Crippen molar-refractivity contribution in [3.8, 4) is 0 Å². The number of ether oxygens (including phenoxy) is 1. The number of carboxylic acid groups (broad SMARTS) is 1. The summed E-state index contributed by atoms with van der Waals surface area (Å²) in [6.45, 7) is -2.43. The van der Waals surface area contributed by atoms with E-state index in [4.69, 9.17) is 0 Å². The summed E-state index contributed by atoms with van der Waals surface area (Å²) < 4.78 is 287. The number of quaternary nitrogens is 1. The van der Waals surface area contributed by atoms with Gasteiger partial charge in [0, 0.05) is 6.92 Å². The standard InChI is InChI=1S/C19H16F21NO4/c1-7(42)45-8(5-41(2,3)6-9(43)44)4-10(20,21)11(22,23)12(24,25)13(26,27)14(28,29)15(30,31)16(32,33)17(34,35)18(36,37)19(38,39)40/h8H,4-6H2,1-3H3. The third kappa shape index (κ3) is 6.79. The minimum Gasteiger partial charge on any atom is -0.544 e. The van der Waals surface area contributed by atoms with E-state index in [1.54, 1.807) is 0 Å². The molecule has 0 saturated heterocycles. The molecule has 0 aromatic heterocycles. The predicted octanol–water partition coefficient (Wildman–Crippen LogP) is 5.41. The van der Waals surface area contributed by atoms with Crippen molar-refractivity contribution in [1.29, 1.82) is 0 Å². The summed E-state index contributed by atoms with van der Waals surface area (Å²) in [5, 5.41) is 10.7. The number of hydrogen-bond acceptors (Lipinski definition) is 4. The zero-order valence-electron chi connectivity index (χ0n) is 21.7. The van der Waals surface area contributed by atoms with Gasteiger partial charge in [-0.1, -0.05) is 0 Å². The number of hydrogen-bond donors (Lipinski definition) is 0. The Labute approximate surface area is 235 Å². The van der Waals surface area contributed by atoms with E-state index in [9.17, 15) is 107 Å². The number of nitrogens with zero attached hydrogens (tertiary/aromatic N) is 1. The Morgan fingerprint density at radius 1 is 0.578 bits per heavy atom. The number of carbonyl (C=O) groups excluding carboxylic acids is 2. The lowest BCUT2D eigenvalue weighted by atomic mass is 9.85. The minimum absolute atomic E-state index is 0.297. The smallest absolute Gasteiger partial charge is 0.460 e. The molecule has 5 nitrogen and oxygen atoms in total. The van der Waals surface area contributed by atoms with Gasteiger partial charge in [0.05, 0.1) is 26.5 Å². The molecule has 268 valence electrons. The van der Waals surface area contributed by atoms with E-state index in [0.29, 0.717) is 21.0 Å². The highest BCUT2D eigenvalue weighted by atomic mass is 19.4. The summed E-state index contributed by atoms with van der Waals surface area (Å²) in [5.41, 5.74) is 0. The Hall–Kier alpha value is -2.57. The molecule has 0 bridgehead atoms. The second-order valence-corrected chi connectivity index (χ2v) is 9.88. The molecular weight excluding hydrogens is 705 g/mol. The topological polar surface area (TPSA) is 66.4 Å². The van der Waals surface area contributed by atoms with Gasteiger partial charge in [0.15, 0.2) is 6.10 Å². The van der Waals surface area contributed by atoms with Crippen LogP contribution in [0.25, 0.3) is 0 Å². The molecule has 0 saturated carbocycles. The van der Waals surface area contributed by atoms with Crippen LogP contribution in [0, 0.1) is 0 Å². The third-order valence-electron chi connectivity index (χ3n) is 5.65. The second kappa shape index (κ2) is 11.6. The fourth-order valence-corrected chi connectivity index (χ4v) is 3.35. The number of rotatable bonds is 15. The molecule has 0 rings (SSSR count). The number of alkyl halides is 21. The molecule has 0 aliphatic heterocycles. The fraction of sp³-hybridized carbons (Fsp3) is 0.895. The van der Waals surface area contributed by atoms with E-state index in [1.165, 1.54) is 0 Å². The van der Waals surface area contributed by atoms with Crippen molar-refractivity contribution < 1.29 is 116 Å². The van der Waals surface area contributed by atoms with Crippen LogP contribution in [0.3, 0.4) is 0 Å². The summed E-state index contributed by atoms with van der Waals surface area (Å²) >= 11 is 0. The van der Waals surface area contributed by atoms with Crippen LogP contribution in [0.4, 0.5) is 92.2 Å². The average Bonchev–Trinajstić information content (AvgIpc) is 2.74. The average molecular weight is 721 g/mol. The Morgan fingerprint density at radius 2 is 0.867 bits per heavy atom. The number of carbonyl (C=O) groups is 2. The van der Waals surface area contributed by atoms with E-state index in [-0.39, 0.29) is 0 Å². The first-order chi connectivity index (χ1) is 19.2. The Balaban J connectivity index is 7.05. The number of likely N-dealkylation sites (N-methyl/N-ethyl adjacent to an activating group) is 1. The Bertz CT molecular complexity index is 1100. The van der Waals surface area contributed by atoms with Crippen molar-refractivity contribution in [2.75, 3.05) is 27.2 Å². The van der Waals surface area contributed by atoms with Gasteiger partial charge in [-0.3, -0.25) is 4.79 Å². The molecule has 0 radical (unpaired) electrons.